The Morgan fingerprint density at radius 2 is 1.90 bits per heavy atom. The Morgan fingerprint density at radius 1 is 1.24 bits per heavy atom. The minimum absolute atomic E-state index is 0.0860. The van der Waals surface area contributed by atoms with Gasteiger partial charge in [-0.25, -0.2) is 4.79 Å². The Hall–Kier alpha value is -2.51. The van der Waals surface area contributed by atoms with Crippen molar-refractivity contribution in [3.8, 4) is 0 Å². The van der Waals surface area contributed by atoms with Crippen LogP contribution in [0.15, 0.2) is 29.5 Å². The third-order valence-electron chi connectivity index (χ3n) is 3.12. The van der Waals surface area contributed by atoms with Crippen LogP contribution in [0.5, 0.6) is 0 Å². The van der Waals surface area contributed by atoms with E-state index in [1.165, 1.54) is 4.90 Å². The SMILES string of the molecule is CN=C(NCCN1C(=O)CNC1=O)NCCn1cccc1. The van der Waals surface area contributed by atoms with Gasteiger partial charge in [-0.1, -0.05) is 0 Å². The van der Waals surface area contributed by atoms with Gasteiger partial charge in [0.1, 0.15) is 0 Å². The summed E-state index contributed by atoms with van der Waals surface area (Å²) >= 11 is 0. The normalized spacial score (nSPS) is 15.3. The van der Waals surface area contributed by atoms with Crippen molar-refractivity contribution in [3.63, 3.8) is 0 Å². The summed E-state index contributed by atoms with van der Waals surface area (Å²) in [5.41, 5.74) is 0. The van der Waals surface area contributed by atoms with E-state index in [1.54, 1.807) is 7.05 Å². The molecule has 0 radical (unpaired) electrons. The van der Waals surface area contributed by atoms with E-state index in [1.807, 2.05) is 24.5 Å². The number of nitrogens with zero attached hydrogens (tertiary/aromatic N) is 3. The van der Waals surface area contributed by atoms with Gasteiger partial charge in [-0.2, -0.15) is 0 Å². The fourth-order valence-electron chi connectivity index (χ4n) is 2.01. The lowest BCUT2D eigenvalue weighted by Crippen LogP contribution is -2.43. The molecule has 8 nitrogen and oxygen atoms in total. The van der Waals surface area contributed by atoms with E-state index in [-0.39, 0.29) is 18.5 Å². The Balaban J connectivity index is 1.66. The van der Waals surface area contributed by atoms with Gasteiger partial charge in [0.05, 0.1) is 6.54 Å². The van der Waals surface area contributed by atoms with Crippen molar-refractivity contribution in [1.29, 1.82) is 0 Å². The van der Waals surface area contributed by atoms with Gasteiger partial charge in [-0.05, 0) is 12.1 Å². The predicted octanol–water partition coefficient (Wildman–Crippen LogP) is -0.795. The number of carbonyl (C=O) groups excluding carboxylic acids is 2. The largest absolute Gasteiger partial charge is 0.355 e. The highest BCUT2D eigenvalue weighted by Crippen LogP contribution is 1.96. The first kappa shape index (κ1) is 14.9. The number of nitrogens with one attached hydrogen (secondary N) is 3. The monoisotopic (exact) mass is 292 g/mol. The Morgan fingerprint density at radius 3 is 2.48 bits per heavy atom. The third-order valence-corrected chi connectivity index (χ3v) is 3.12. The van der Waals surface area contributed by atoms with E-state index in [4.69, 9.17) is 0 Å². The van der Waals surface area contributed by atoms with Crippen LogP contribution in [0.1, 0.15) is 0 Å². The lowest BCUT2D eigenvalue weighted by atomic mass is 10.5. The second kappa shape index (κ2) is 7.32. The first-order valence-corrected chi connectivity index (χ1v) is 6.84. The van der Waals surface area contributed by atoms with Gasteiger partial charge in [0.2, 0.25) is 5.91 Å². The van der Waals surface area contributed by atoms with Crippen LogP contribution < -0.4 is 16.0 Å². The lowest BCUT2D eigenvalue weighted by molar-refractivity contribution is -0.124. The van der Waals surface area contributed by atoms with Crippen molar-refractivity contribution < 1.29 is 9.59 Å². The summed E-state index contributed by atoms with van der Waals surface area (Å²) < 4.78 is 2.06. The molecular formula is C13H20N6O2. The number of guanidine groups is 1. The average Bonchev–Trinajstić information content (AvgIpc) is 3.10. The van der Waals surface area contributed by atoms with Crippen molar-refractivity contribution in [1.82, 2.24) is 25.4 Å². The molecule has 3 amide bonds. The fourth-order valence-corrected chi connectivity index (χ4v) is 2.01. The maximum atomic E-state index is 11.4. The molecule has 21 heavy (non-hydrogen) atoms. The van der Waals surface area contributed by atoms with Crippen LogP contribution >= 0.6 is 0 Å². The number of hydrogen-bond acceptors (Lipinski definition) is 3. The second-order valence-corrected chi connectivity index (χ2v) is 4.55. The van der Waals surface area contributed by atoms with Gasteiger partial charge < -0.3 is 20.5 Å². The third kappa shape index (κ3) is 4.23. The highest BCUT2D eigenvalue weighted by atomic mass is 16.2. The van der Waals surface area contributed by atoms with Gasteiger partial charge in [0, 0.05) is 45.6 Å². The number of carbonyl (C=O) groups is 2. The molecule has 0 saturated carbocycles. The summed E-state index contributed by atoms with van der Waals surface area (Å²) in [5, 5.41) is 8.73. The molecule has 8 heteroatoms. The zero-order valence-corrected chi connectivity index (χ0v) is 12.0. The molecule has 2 heterocycles. The van der Waals surface area contributed by atoms with Crippen LogP contribution in [0.3, 0.4) is 0 Å². The number of urea groups is 1. The van der Waals surface area contributed by atoms with E-state index < -0.39 is 0 Å². The quantitative estimate of drug-likeness (QED) is 0.364. The molecule has 2 rings (SSSR count). The minimum Gasteiger partial charge on any atom is -0.355 e. The molecule has 0 spiro atoms. The Labute approximate surface area is 123 Å². The highest BCUT2D eigenvalue weighted by molar-refractivity contribution is 6.01. The van der Waals surface area contributed by atoms with Crippen molar-refractivity contribution in [2.24, 2.45) is 4.99 Å². The lowest BCUT2D eigenvalue weighted by Gasteiger charge is -2.15. The Bertz CT molecular complexity index is 495. The molecular weight excluding hydrogens is 272 g/mol. The van der Waals surface area contributed by atoms with E-state index in [0.29, 0.717) is 19.0 Å². The summed E-state index contributed by atoms with van der Waals surface area (Å²) in [6.45, 7) is 2.44. The molecule has 0 unspecified atom stereocenters. The molecule has 1 fully saturated rings. The average molecular weight is 292 g/mol. The number of hydrogen-bond donors (Lipinski definition) is 3. The summed E-state index contributed by atoms with van der Waals surface area (Å²) in [6.07, 6.45) is 3.99. The summed E-state index contributed by atoms with van der Waals surface area (Å²) in [6, 6.07) is 3.62. The van der Waals surface area contributed by atoms with Crippen molar-refractivity contribution in [3.05, 3.63) is 24.5 Å². The number of aromatic nitrogens is 1. The van der Waals surface area contributed by atoms with Crippen molar-refractivity contribution in [2.75, 3.05) is 33.2 Å². The van der Waals surface area contributed by atoms with Gasteiger partial charge >= 0.3 is 6.03 Å². The fraction of sp³-hybridized carbons (Fsp3) is 0.462. The minimum atomic E-state index is -0.336. The van der Waals surface area contributed by atoms with E-state index in [0.717, 1.165) is 13.1 Å². The molecule has 0 atom stereocenters. The summed E-state index contributed by atoms with van der Waals surface area (Å²) in [5.74, 6) is 0.451. The molecule has 0 bridgehead atoms. The van der Waals surface area contributed by atoms with E-state index in [9.17, 15) is 9.59 Å². The van der Waals surface area contributed by atoms with Crippen molar-refractivity contribution >= 4 is 17.9 Å². The molecule has 3 N–H and O–H groups in total. The predicted molar refractivity (Wildman–Crippen MR) is 78.9 cm³/mol. The molecule has 1 aromatic rings. The highest BCUT2D eigenvalue weighted by Gasteiger charge is 2.27. The molecule has 1 aliphatic heterocycles. The maximum Gasteiger partial charge on any atom is 0.324 e. The Kier molecular flexibility index (Phi) is 5.19. The maximum absolute atomic E-state index is 11.4. The molecule has 1 aromatic heterocycles. The zero-order valence-electron chi connectivity index (χ0n) is 12.0. The molecule has 1 saturated heterocycles. The summed E-state index contributed by atoms with van der Waals surface area (Å²) in [7, 11) is 1.68. The molecule has 0 aromatic carbocycles. The van der Waals surface area contributed by atoms with E-state index >= 15 is 0 Å². The van der Waals surface area contributed by atoms with Crippen LogP contribution in [0, 0.1) is 0 Å². The topological polar surface area (TPSA) is 90.8 Å². The number of amides is 3. The number of aliphatic imine (C=N–C) groups is 1. The number of rotatable bonds is 6. The van der Waals surface area contributed by atoms with Crippen LogP contribution in [0.4, 0.5) is 4.79 Å². The van der Waals surface area contributed by atoms with Gasteiger partial charge in [-0.15, -0.1) is 0 Å². The van der Waals surface area contributed by atoms with Crippen LogP contribution in [-0.2, 0) is 11.3 Å². The first-order chi connectivity index (χ1) is 10.2. The van der Waals surface area contributed by atoms with Crippen LogP contribution in [0.25, 0.3) is 0 Å². The van der Waals surface area contributed by atoms with Gasteiger partial charge in [-0.3, -0.25) is 14.7 Å². The first-order valence-electron chi connectivity index (χ1n) is 6.84. The van der Waals surface area contributed by atoms with Crippen LogP contribution in [0.2, 0.25) is 0 Å². The molecule has 114 valence electrons. The zero-order chi connectivity index (χ0) is 15.1. The molecule has 1 aliphatic rings. The van der Waals surface area contributed by atoms with Gasteiger partial charge in [0.15, 0.2) is 5.96 Å². The van der Waals surface area contributed by atoms with Crippen molar-refractivity contribution in [2.45, 2.75) is 6.54 Å². The second-order valence-electron chi connectivity index (χ2n) is 4.55. The smallest absolute Gasteiger partial charge is 0.324 e. The summed E-state index contributed by atoms with van der Waals surface area (Å²) in [4.78, 5) is 28.0. The molecule has 0 aliphatic carbocycles. The van der Waals surface area contributed by atoms with Crippen LogP contribution in [-0.4, -0.2) is 60.6 Å². The number of imide groups is 1. The standard InChI is InChI=1S/C13H20N6O2/c1-14-12(15-4-8-18-6-2-3-7-18)16-5-9-19-11(20)10-17-13(19)21/h2-3,6-7H,4-5,8-10H2,1H3,(H,17,21)(H2,14,15,16). The van der Waals surface area contributed by atoms with Gasteiger partial charge in [0.25, 0.3) is 0 Å². The van der Waals surface area contributed by atoms with E-state index in [2.05, 4.69) is 25.5 Å².